The molecule has 1 aromatic carbocycles. The third kappa shape index (κ3) is 2.75. The first-order valence-electron chi connectivity index (χ1n) is 7.76. The molecule has 1 saturated carbocycles. The van der Waals surface area contributed by atoms with Gasteiger partial charge in [0.1, 0.15) is 5.75 Å². The van der Waals surface area contributed by atoms with Gasteiger partial charge in [-0.1, -0.05) is 35.7 Å². The van der Waals surface area contributed by atoms with Crippen LogP contribution < -0.4 is 10.5 Å². The second-order valence-corrected chi connectivity index (χ2v) is 7.65. The monoisotopic (exact) mass is 337 g/mol. The lowest BCUT2D eigenvalue weighted by atomic mass is 9.67. The molecule has 2 nitrogen and oxygen atoms in total. The van der Waals surface area contributed by atoms with Gasteiger partial charge in [-0.15, -0.1) is 0 Å². The number of ether oxygens (including phenoxy) is 1. The number of benzene rings is 1. The summed E-state index contributed by atoms with van der Waals surface area (Å²) in [6.07, 6.45) is 7.29. The third-order valence-corrected chi connectivity index (χ3v) is 5.47. The van der Waals surface area contributed by atoms with Crippen molar-refractivity contribution >= 4 is 15.9 Å². The Labute approximate surface area is 130 Å². The molecule has 2 atom stereocenters. The molecular weight excluding hydrogens is 314 g/mol. The Morgan fingerprint density at radius 1 is 1.45 bits per heavy atom. The van der Waals surface area contributed by atoms with Crippen LogP contribution in [0.25, 0.3) is 0 Å². The van der Waals surface area contributed by atoms with Crippen molar-refractivity contribution in [3.63, 3.8) is 0 Å². The lowest BCUT2D eigenvalue weighted by Crippen LogP contribution is -2.37. The maximum absolute atomic E-state index is 6.18. The van der Waals surface area contributed by atoms with Crippen molar-refractivity contribution in [3.8, 4) is 5.75 Å². The smallest absolute Gasteiger partial charge is 0.125 e. The molecule has 1 aromatic rings. The van der Waals surface area contributed by atoms with Crippen molar-refractivity contribution in [1.82, 2.24) is 0 Å². The molecule has 1 aliphatic carbocycles. The summed E-state index contributed by atoms with van der Waals surface area (Å²) in [7, 11) is 0. The first-order valence-corrected chi connectivity index (χ1v) is 8.55. The van der Waals surface area contributed by atoms with Gasteiger partial charge in [0.2, 0.25) is 0 Å². The van der Waals surface area contributed by atoms with E-state index in [4.69, 9.17) is 10.5 Å². The molecule has 0 radical (unpaired) electrons. The molecular formula is C17H24BrNO. The fraction of sp³-hybridized carbons (Fsp3) is 0.647. The van der Waals surface area contributed by atoms with Crippen molar-refractivity contribution in [1.29, 1.82) is 0 Å². The van der Waals surface area contributed by atoms with Gasteiger partial charge in [-0.05, 0) is 60.4 Å². The van der Waals surface area contributed by atoms with Crippen molar-refractivity contribution in [2.45, 2.75) is 45.4 Å². The molecule has 1 aliphatic heterocycles. The van der Waals surface area contributed by atoms with E-state index in [9.17, 15) is 0 Å². The van der Waals surface area contributed by atoms with Gasteiger partial charge in [0, 0.05) is 10.9 Å². The predicted molar refractivity (Wildman–Crippen MR) is 86.2 cm³/mol. The van der Waals surface area contributed by atoms with E-state index in [1.165, 1.54) is 41.3 Å². The zero-order chi connectivity index (χ0) is 14.2. The van der Waals surface area contributed by atoms with E-state index in [0.717, 1.165) is 37.7 Å². The SMILES string of the molecule is CC1CCCC(CN)(Cc2cc(Br)cc3c2OCC3)C1. The molecule has 0 saturated heterocycles. The Kier molecular flexibility index (Phi) is 4.09. The first kappa shape index (κ1) is 14.4. The highest BCUT2D eigenvalue weighted by Crippen LogP contribution is 2.44. The number of nitrogens with two attached hydrogens (primary N) is 1. The standard InChI is InChI=1S/C17H24BrNO/c1-12-3-2-5-17(9-12,11-19)10-14-8-15(18)7-13-4-6-20-16(13)14/h7-8,12H,2-6,9-11,19H2,1H3. The summed E-state index contributed by atoms with van der Waals surface area (Å²) >= 11 is 3.65. The van der Waals surface area contributed by atoms with Gasteiger partial charge in [0.25, 0.3) is 0 Å². The molecule has 110 valence electrons. The van der Waals surface area contributed by atoms with Crippen LogP contribution in [0, 0.1) is 11.3 Å². The molecule has 2 N–H and O–H groups in total. The number of hydrogen-bond donors (Lipinski definition) is 1. The summed E-state index contributed by atoms with van der Waals surface area (Å²) in [4.78, 5) is 0. The Morgan fingerprint density at radius 3 is 3.05 bits per heavy atom. The van der Waals surface area contributed by atoms with E-state index in [0.29, 0.717) is 0 Å². The average Bonchev–Trinajstić information content (AvgIpc) is 2.87. The van der Waals surface area contributed by atoms with E-state index >= 15 is 0 Å². The largest absolute Gasteiger partial charge is 0.493 e. The van der Waals surface area contributed by atoms with Crippen LogP contribution in [-0.4, -0.2) is 13.2 Å². The normalized spacial score (nSPS) is 29.1. The molecule has 0 bridgehead atoms. The number of hydrogen-bond acceptors (Lipinski definition) is 2. The quantitative estimate of drug-likeness (QED) is 0.901. The Balaban J connectivity index is 1.90. The Hall–Kier alpha value is -0.540. The number of halogens is 1. The summed E-state index contributed by atoms with van der Waals surface area (Å²) in [5.74, 6) is 1.94. The minimum atomic E-state index is 0.276. The van der Waals surface area contributed by atoms with Crippen LogP contribution in [0.5, 0.6) is 5.75 Å². The topological polar surface area (TPSA) is 35.2 Å². The molecule has 3 heteroatoms. The van der Waals surface area contributed by atoms with Gasteiger partial charge in [0.15, 0.2) is 0 Å². The molecule has 20 heavy (non-hydrogen) atoms. The second-order valence-electron chi connectivity index (χ2n) is 6.73. The average molecular weight is 338 g/mol. The fourth-order valence-corrected chi connectivity index (χ4v) is 4.62. The van der Waals surface area contributed by atoms with E-state index < -0.39 is 0 Å². The van der Waals surface area contributed by atoms with Crippen molar-refractivity contribution in [3.05, 3.63) is 27.7 Å². The molecule has 1 heterocycles. The Morgan fingerprint density at radius 2 is 2.30 bits per heavy atom. The summed E-state index contributed by atoms with van der Waals surface area (Å²) in [5.41, 5.74) is 9.16. The molecule has 3 rings (SSSR count). The van der Waals surface area contributed by atoms with E-state index in [1.807, 2.05) is 0 Å². The van der Waals surface area contributed by atoms with Crippen LogP contribution in [0.1, 0.15) is 43.7 Å². The van der Waals surface area contributed by atoms with Gasteiger partial charge < -0.3 is 10.5 Å². The van der Waals surface area contributed by atoms with Crippen LogP contribution in [0.3, 0.4) is 0 Å². The van der Waals surface area contributed by atoms with Gasteiger partial charge in [0.05, 0.1) is 6.61 Å². The Bertz CT molecular complexity index is 502. The number of fused-ring (bicyclic) bond motifs is 1. The maximum Gasteiger partial charge on any atom is 0.125 e. The predicted octanol–water partition coefficient (Wildman–Crippen LogP) is 4.08. The summed E-state index contributed by atoms with van der Waals surface area (Å²) in [5, 5.41) is 0. The highest BCUT2D eigenvalue weighted by atomic mass is 79.9. The van der Waals surface area contributed by atoms with Crippen LogP contribution in [-0.2, 0) is 12.8 Å². The van der Waals surface area contributed by atoms with Crippen molar-refractivity contribution in [2.75, 3.05) is 13.2 Å². The van der Waals surface area contributed by atoms with Crippen LogP contribution in [0.4, 0.5) is 0 Å². The molecule has 2 unspecified atom stereocenters. The highest BCUT2D eigenvalue weighted by molar-refractivity contribution is 9.10. The lowest BCUT2D eigenvalue weighted by molar-refractivity contribution is 0.152. The van der Waals surface area contributed by atoms with Gasteiger partial charge in [-0.2, -0.15) is 0 Å². The summed E-state index contributed by atoms with van der Waals surface area (Å²) in [6, 6.07) is 4.44. The number of rotatable bonds is 3. The highest BCUT2D eigenvalue weighted by Gasteiger charge is 2.35. The summed E-state index contributed by atoms with van der Waals surface area (Å²) in [6.45, 7) is 3.98. The van der Waals surface area contributed by atoms with Crippen LogP contribution >= 0.6 is 15.9 Å². The zero-order valence-electron chi connectivity index (χ0n) is 12.3. The third-order valence-electron chi connectivity index (χ3n) is 5.01. The molecule has 2 aliphatic rings. The van der Waals surface area contributed by atoms with Crippen LogP contribution in [0.15, 0.2) is 16.6 Å². The zero-order valence-corrected chi connectivity index (χ0v) is 13.8. The minimum absolute atomic E-state index is 0.276. The maximum atomic E-state index is 6.18. The molecule has 1 fully saturated rings. The summed E-state index contributed by atoms with van der Waals surface area (Å²) < 4.78 is 7.05. The van der Waals surface area contributed by atoms with E-state index in [2.05, 4.69) is 35.0 Å². The lowest BCUT2D eigenvalue weighted by Gasteiger charge is -2.39. The van der Waals surface area contributed by atoms with Gasteiger partial charge in [-0.3, -0.25) is 0 Å². The van der Waals surface area contributed by atoms with Crippen molar-refractivity contribution in [2.24, 2.45) is 17.1 Å². The second kappa shape index (κ2) is 5.69. The van der Waals surface area contributed by atoms with Gasteiger partial charge >= 0.3 is 0 Å². The first-order chi connectivity index (χ1) is 9.62. The van der Waals surface area contributed by atoms with Crippen molar-refractivity contribution < 1.29 is 4.74 Å². The minimum Gasteiger partial charge on any atom is -0.493 e. The molecule has 0 aromatic heterocycles. The molecule has 0 amide bonds. The van der Waals surface area contributed by atoms with Crippen LogP contribution in [0.2, 0.25) is 0 Å². The molecule has 0 spiro atoms. The van der Waals surface area contributed by atoms with E-state index in [-0.39, 0.29) is 5.41 Å². The van der Waals surface area contributed by atoms with E-state index in [1.54, 1.807) is 0 Å². The fourth-order valence-electron chi connectivity index (χ4n) is 4.07. The van der Waals surface area contributed by atoms with Gasteiger partial charge in [-0.25, -0.2) is 0 Å².